The molecule has 0 unspecified atom stereocenters. The SMILES string of the molecule is CCCOc1c(Br)cc(/C=N/NC(=O)c2ccc(C)cc2)cc1OCC. The Morgan fingerprint density at radius 1 is 1.19 bits per heavy atom. The second kappa shape index (κ2) is 9.97. The number of carbonyl (C=O) groups is 1. The van der Waals surface area contributed by atoms with Crippen molar-refractivity contribution >= 4 is 28.1 Å². The highest BCUT2D eigenvalue weighted by Crippen LogP contribution is 2.36. The third-order valence-corrected chi connectivity index (χ3v) is 4.06. The zero-order chi connectivity index (χ0) is 18.9. The Labute approximate surface area is 162 Å². The molecule has 0 saturated heterocycles. The quantitative estimate of drug-likeness (QED) is 0.498. The van der Waals surface area contributed by atoms with Gasteiger partial charge in [-0.05, 0) is 66.0 Å². The summed E-state index contributed by atoms with van der Waals surface area (Å²) >= 11 is 3.51. The van der Waals surface area contributed by atoms with E-state index in [0.717, 1.165) is 22.0 Å². The van der Waals surface area contributed by atoms with Gasteiger partial charge in [0.1, 0.15) is 0 Å². The van der Waals surface area contributed by atoms with Crippen LogP contribution < -0.4 is 14.9 Å². The average molecular weight is 419 g/mol. The summed E-state index contributed by atoms with van der Waals surface area (Å²) in [6, 6.07) is 11.0. The molecule has 0 radical (unpaired) electrons. The Morgan fingerprint density at radius 3 is 2.58 bits per heavy atom. The molecule has 138 valence electrons. The molecule has 0 saturated carbocycles. The minimum Gasteiger partial charge on any atom is -0.490 e. The molecule has 0 atom stereocenters. The van der Waals surface area contributed by atoms with E-state index >= 15 is 0 Å². The summed E-state index contributed by atoms with van der Waals surface area (Å²) in [5, 5.41) is 4.03. The number of benzene rings is 2. The van der Waals surface area contributed by atoms with Gasteiger partial charge in [0.05, 0.1) is 23.9 Å². The van der Waals surface area contributed by atoms with Gasteiger partial charge < -0.3 is 9.47 Å². The maximum atomic E-state index is 12.1. The van der Waals surface area contributed by atoms with Crippen LogP contribution in [0, 0.1) is 6.92 Å². The lowest BCUT2D eigenvalue weighted by Gasteiger charge is -2.14. The minimum atomic E-state index is -0.256. The van der Waals surface area contributed by atoms with Crippen LogP contribution in [0.25, 0.3) is 0 Å². The fourth-order valence-electron chi connectivity index (χ4n) is 2.20. The number of hydrogen-bond donors (Lipinski definition) is 1. The van der Waals surface area contributed by atoms with E-state index in [1.807, 2.05) is 45.0 Å². The van der Waals surface area contributed by atoms with Gasteiger partial charge in [0.15, 0.2) is 11.5 Å². The Bertz CT molecular complexity index is 773. The summed E-state index contributed by atoms with van der Waals surface area (Å²) in [5.41, 5.74) is 4.98. The van der Waals surface area contributed by atoms with E-state index in [0.29, 0.717) is 30.3 Å². The first-order valence-electron chi connectivity index (χ1n) is 8.54. The molecule has 0 heterocycles. The van der Waals surface area contributed by atoms with Gasteiger partial charge in [0.2, 0.25) is 0 Å². The predicted molar refractivity (Wildman–Crippen MR) is 107 cm³/mol. The highest BCUT2D eigenvalue weighted by molar-refractivity contribution is 9.10. The monoisotopic (exact) mass is 418 g/mol. The highest BCUT2D eigenvalue weighted by atomic mass is 79.9. The summed E-state index contributed by atoms with van der Waals surface area (Å²) in [7, 11) is 0. The van der Waals surface area contributed by atoms with Crippen molar-refractivity contribution in [2.75, 3.05) is 13.2 Å². The summed E-state index contributed by atoms with van der Waals surface area (Å²) in [5.74, 6) is 1.06. The molecule has 0 aromatic heterocycles. The summed E-state index contributed by atoms with van der Waals surface area (Å²) in [6.45, 7) is 7.08. The first-order chi connectivity index (χ1) is 12.5. The van der Waals surface area contributed by atoms with Crippen LogP contribution in [0.3, 0.4) is 0 Å². The fourth-order valence-corrected chi connectivity index (χ4v) is 2.78. The number of aryl methyl sites for hydroxylation is 1. The third kappa shape index (κ3) is 5.59. The maximum absolute atomic E-state index is 12.1. The molecule has 0 aliphatic rings. The van der Waals surface area contributed by atoms with Gasteiger partial charge in [0, 0.05) is 5.56 Å². The van der Waals surface area contributed by atoms with Gasteiger partial charge in [-0.3, -0.25) is 4.79 Å². The number of hydrazone groups is 1. The lowest BCUT2D eigenvalue weighted by molar-refractivity contribution is 0.0955. The summed E-state index contributed by atoms with van der Waals surface area (Å²) < 4.78 is 12.2. The normalized spacial score (nSPS) is 10.8. The molecule has 2 rings (SSSR count). The number of amides is 1. The summed E-state index contributed by atoms with van der Waals surface area (Å²) in [6.07, 6.45) is 2.48. The van der Waals surface area contributed by atoms with Gasteiger partial charge in [-0.2, -0.15) is 5.10 Å². The number of carbonyl (C=O) groups excluding carboxylic acids is 1. The zero-order valence-electron chi connectivity index (χ0n) is 15.2. The first-order valence-corrected chi connectivity index (χ1v) is 9.33. The van der Waals surface area contributed by atoms with Crippen LogP contribution in [-0.2, 0) is 0 Å². The third-order valence-electron chi connectivity index (χ3n) is 3.48. The summed E-state index contributed by atoms with van der Waals surface area (Å²) in [4.78, 5) is 12.1. The molecule has 6 heteroatoms. The van der Waals surface area contributed by atoms with E-state index in [1.54, 1.807) is 18.3 Å². The predicted octanol–water partition coefficient (Wildman–Crippen LogP) is 4.71. The fraction of sp³-hybridized carbons (Fsp3) is 0.300. The molecule has 5 nitrogen and oxygen atoms in total. The van der Waals surface area contributed by atoms with Crippen molar-refractivity contribution in [3.8, 4) is 11.5 Å². The van der Waals surface area contributed by atoms with Crippen molar-refractivity contribution in [3.63, 3.8) is 0 Å². The van der Waals surface area contributed by atoms with E-state index in [-0.39, 0.29) is 5.91 Å². The van der Waals surface area contributed by atoms with E-state index in [9.17, 15) is 4.79 Å². The maximum Gasteiger partial charge on any atom is 0.271 e. The molecule has 0 aliphatic heterocycles. The van der Waals surface area contributed by atoms with Crippen molar-refractivity contribution in [2.45, 2.75) is 27.2 Å². The van der Waals surface area contributed by atoms with Gasteiger partial charge in [0.25, 0.3) is 5.91 Å². The second-order valence-corrected chi connectivity index (χ2v) is 6.53. The van der Waals surface area contributed by atoms with Crippen molar-refractivity contribution in [1.82, 2.24) is 5.43 Å². The molecule has 2 aromatic carbocycles. The van der Waals surface area contributed by atoms with E-state index in [1.165, 1.54) is 0 Å². The van der Waals surface area contributed by atoms with Crippen LogP contribution in [0.4, 0.5) is 0 Å². The van der Waals surface area contributed by atoms with Gasteiger partial charge in [-0.1, -0.05) is 24.6 Å². The molecule has 0 spiro atoms. The molecule has 0 bridgehead atoms. The number of nitrogens with zero attached hydrogens (tertiary/aromatic N) is 1. The standard InChI is InChI=1S/C20H23BrN2O3/c1-4-10-26-19-17(21)11-15(12-18(19)25-5-2)13-22-23-20(24)16-8-6-14(3)7-9-16/h6-9,11-13H,4-5,10H2,1-3H3,(H,23,24)/b22-13+. The molecule has 2 aromatic rings. The average Bonchev–Trinajstić information content (AvgIpc) is 2.62. The molecule has 0 aliphatic carbocycles. The molecular formula is C20H23BrN2O3. The largest absolute Gasteiger partial charge is 0.490 e. The van der Waals surface area contributed by atoms with Crippen LogP contribution in [0.2, 0.25) is 0 Å². The van der Waals surface area contributed by atoms with Crippen LogP contribution >= 0.6 is 15.9 Å². The lowest BCUT2D eigenvalue weighted by atomic mass is 10.1. The number of rotatable bonds is 8. The lowest BCUT2D eigenvalue weighted by Crippen LogP contribution is -2.17. The number of ether oxygens (including phenoxy) is 2. The Kier molecular flexibility index (Phi) is 7.66. The van der Waals surface area contributed by atoms with Crippen LogP contribution in [0.15, 0.2) is 46.0 Å². The molecule has 0 fully saturated rings. The molecule has 1 amide bonds. The first kappa shape index (κ1) is 20.0. The minimum absolute atomic E-state index is 0.256. The van der Waals surface area contributed by atoms with Crippen LogP contribution in [0.5, 0.6) is 11.5 Å². The van der Waals surface area contributed by atoms with Crippen LogP contribution in [0.1, 0.15) is 41.8 Å². The Balaban J connectivity index is 2.11. The van der Waals surface area contributed by atoms with Gasteiger partial charge >= 0.3 is 0 Å². The van der Waals surface area contributed by atoms with Crippen molar-refractivity contribution in [1.29, 1.82) is 0 Å². The Hall–Kier alpha value is -2.34. The second-order valence-electron chi connectivity index (χ2n) is 5.68. The van der Waals surface area contributed by atoms with E-state index in [4.69, 9.17) is 9.47 Å². The van der Waals surface area contributed by atoms with Crippen molar-refractivity contribution in [3.05, 3.63) is 57.6 Å². The molecular weight excluding hydrogens is 396 g/mol. The zero-order valence-corrected chi connectivity index (χ0v) is 16.8. The number of halogens is 1. The van der Waals surface area contributed by atoms with E-state index in [2.05, 4.69) is 26.5 Å². The molecule has 26 heavy (non-hydrogen) atoms. The van der Waals surface area contributed by atoms with Gasteiger partial charge in [-0.15, -0.1) is 0 Å². The van der Waals surface area contributed by atoms with E-state index < -0.39 is 0 Å². The molecule has 1 N–H and O–H groups in total. The van der Waals surface area contributed by atoms with Crippen LogP contribution in [-0.4, -0.2) is 25.3 Å². The van der Waals surface area contributed by atoms with Crippen molar-refractivity contribution in [2.24, 2.45) is 5.10 Å². The Morgan fingerprint density at radius 2 is 1.92 bits per heavy atom. The van der Waals surface area contributed by atoms with Gasteiger partial charge in [-0.25, -0.2) is 5.43 Å². The van der Waals surface area contributed by atoms with Crippen molar-refractivity contribution < 1.29 is 14.3 Å². The number of hydrogen-bond acceptors (Lipinski definition) is 4. The topological polar surface area (TPSA) is 59.9 Å². The smallest absolute Gasteiger partial charge is 0.271 e. The number of nitrogens with one attached hydrogen (secondary N) is 1. The highest BCUT2D eigenvalue weighted by Gasteiger charge is 2.11.